The van der Waals surface area contributed by atoms with Crippen LogP contribution in [0, 0.1) is 11.7 Å². The number of hydrogen-bond acceptors (Lipinski definition) is 4. The van der Waals surface area contributed by atoms with Gasteiger partial charge in [-0.15, -0.1) is 0 Å². The molecule has 6 nitrogen and oxygen atoms in total. The minimum absolute atomic E-state index is 0.0679. The highest BCUT2D eigenvalue weighted by Gasteiger charge is 2.38. The molecule has 1 heterocycles. The average molecular weight is 492 g/mol. The van der Waals surface area contributed by atoms with Gasteiger partial charge in [-0.1, -0.05) is 38.1 Å². The van der Waals surface area contributed by atoms with Gasteiger partial charge in [-0.2, -0.15) is 0 Å². The third-order valence-corrected chi connectivity index (χ3v) is 6.11. The largest absolute Gasteiger partial charge is 0.467 e. The second-order valence-electron chi connectivity index (χ2n) is 8.68. The van der Waals surface area contributed by atoms with Gasteiger partial charge < -0.3 is 20.3 Å². The lowest BCUT2D eigenvalue weighted by Crippen LogP contribution is -2.45. The molecule has 0 bridgehead atoms. The lowest BCUT2D eigenvalue weighted by molar-refractivity contribution is -0.147. The van der Waals surface area contributed by atoms with E-state index in [-0.39, 0.29) is 17.6 Å². The summed E-state index contributed by atoms with van der Waals surface area (Å²) in [6, 6.07) is 18.8. The van der Waals surface area contributed by atoms with E-state index in [0.717, 1.165) is 22.4 Å². The number of amides is 1. The van der Waals surface area contributed by atoms with Gasteiger partial charge in [0, 0.05) is 23.5 Å². The highest BCUT2D eigenvalue weighted by atomic mass is 32.1. The van der Waals surface area contributed by atoms with Gasteiger partial charge in [0.05, 0.1) is 7.11 Å². The zero-order chi connectivity index (χ0) is 25.1. The monoisotopic (exact) mass is 491 g/mol. The Labute approximate surface area is 209 Å². The molecule has 0 aliphatic carbocycles. The van der Waals surface area contributed by atoms with Crippen LogP contribution in [0.5, 0.6) is 0 Å². The number of fused-ring (bicyclic) bond motifs is 1. The molecule has 3 aromatic carbocycles. The molecular weight excluding hydrogens is 465 g/mol. The Morgan fingerprint density at radius 1 is 1.00 bits per heavy atom. The number of nitrogens with one attached hydrogen (secondary N) is 2. The number of halogens is 1. The van der Waals surface area contributed by atoms with Gasteiger partial charge >= 0.3 is 5.97 Å². The van der Waals surface area contributed by atoms with Crippen molar-refractivity contribution in [2.45, 2.75) is 26.4 Å². The summed E-state index contributed by atoms with van der Waals surface area (Å²) < 4.78 is 18.3. The molecule has 1 amide bonds. The number of methoxy groups -OCH3 is 1. The van der Waals surface area contributed by atoms with Gasteiger partial charge in [-0.05, 0) is 77.3 Å². The number of rotatable bonds is 6. The van der Waals surface area contributed by atoms with Crippen molar-refractivity contribution in [3.63, 3.8) is 0 Å². The summed E-state index contributed by atoms with van der Waals surface area (Å²) in [5.74, 6) is -0.975. The zero-order valence-electron chi connectivity index (χ0n) is 19.7. The molecule has 3 aromatic rings. The van der Waals surface area contributed by atoms with Crippen LogP contribution in [0.1, 0.15) is 29.8 Å². The molecule has 4 rings (SSSR count). The Morgan fingerprint density at radius 2 is 1.69 bits per heavy atom. The summed E-state index contributed by atoms with van der Waals surface area (Å²) in [5, 5.41) is 6.39. The van der Waals surface area contributed by atoms with Crippen molar-refractivity contribution in [3.8, 4) is 11.1 Å². The fourth-order valence-corrected chi connectivity index (χ4v) is 4.47. The van der Waals surface area contributed by atoms with E-state index in [1.54, 1.807) is 17.0 Å². The number of carbonyl (C=O) groups is 2. The SMILES string of the molecule is COC(=O)C(C(C)C)N1Cc2cc(-c3ccc(NC(=S)Nc4cccc(F)c4)cc3)ccc2C1=O. The molecule has 1 atom stereocenters. The number of carbonyl (C=O) groups excluding carboxylic acids is 2. The zero-order valence-corrected chi connectivity index (χ0v) is 20.5. The number of esters is 1. The quantitative estimate of drug-likeness (QED) is 0.353. The van der Waals surface area contributed by atoms with Crippen molar-refractivity contribution in [2.24, 2.45) is 5.92 Å². The minimum Gasteiger partial charge on any atom is -0.467 e. The van der Waals surface area contributed by atoms with Crippen LogP contribution < -0.4 is 10.6 Å². The lowest BCUT2D eigenvalue weighted by Gasteiger charge is -2.28. The molecular formula is C27H26FN3O3S. The van der Waals surface area contributed by atoms with E-state index in [1.165, 1.54) is 19.2 Å². The molecule has 0 spiro atoms. The van der Waals surface area contributed by atoms with Gasteiger partial charge in [-0.25, -0.2) is 9.18 Å². The maximum Gasteiger partial charge on any atom is 0.328 e. The highest BCUT2D eigenvalue weighted by molar-refractivity contribution is 7.80. The molecule has 0 radical (unpaired) electrons. The predicted octanol–water partition coefficient (Wildman–Crippen LogP) is 5.46. The molecule has 0 saturated carbocycles. The van der Waals surface area contributed by atoms with Crippen LogP contribution in [0.3, 0.4) is 0 Å². The molecule has 2 N–H and O–H groups in total. The molecule has 0 saturated heterocycles. The van der Waals surface area contributed by atoms with Crippen molar-refractivity contribution in [3.05, 3.63) is 83.7 Å². The third-order valence-electron chi connectivity index (χ3n) is 5.91. The maximum absolute atomic E-state index is 13.4. The van der Waals surface area contributed by atoms with Gasteiger partial charge in [0.15, 0.2) is 5.11 Å². The van der Waals surface area contributed by atoms with Crippen LogP contribution in [0.15, 0.2) is 66.7 Å². The van der Waals surface area contributed by atoms with E-state index < -0.39 is 12.0 Å². The van der Waals surface area contributed by atoms with E-state index in [0.29, 0.717) is 22.9 Å². The number of hydrogen-bond donors (Lipinski definition) is 2. The third kappa shape index (κ3) is 5.33. The first kappa shape index (κ1) is 24.3. The van der Waals surface area contributed by atoms with Crippen LogP contribution in [0.4, 0.5) is 15.8 Å². The smallest absolute Gasteiger partial charge is 0.328 e. The number of thiocarbonyl (C=S) groups is 1. The molecule has 1 unspecified atom stereocenters. The lowest BCUT2D eigenvalue weighted by atomic mass is 10.0. The van der Waals surface area contributed by atoms with Crippen molar-refractivity contribution < 1.29 is 18.7 Å². The number of ether oxygens (including phenoxy) is 1. The minimum atomic E-state index is -0.626. The van der Waals surface area contributed by atoms with Crippen LogP contribution in [-0.4, -0.2) is 35.0 Å². The van der Waals surface area contributed by atoms with Gasteiger partial charge in [0.25, 0.3) is 5.91 Å². The van der Waals surface area contributed by atoms with Gasteiger partial charge in [-0.3, -0.25) is 4.79 Å². The Bertz CT molecular complexity index is 1280. The first-order valence-corrected chi connectivity index (χ1v) is 11.6. The van der Waals surface area contributed by atoms with Crippen LogP contribution >= 0.6 is 12.2 Å². The van der Waals surface area contributed by atoms with Crippen molar-refractivity contribution >= 4 is 40.6 Å². The first-order valence-electron chi connectivity index (χ1n) is 11.2. The Balaban J connectivity index is 1.46. The standard InChI is InChI=1S/C27H26FN3O3S/c1-16(2)24(26(33)34-3)31-15-19-13-18(9-12-23(19)25(31)32)17-7-10-21(11-8-17)29-27(35)30-22-6-4-5-20(28)14-22/h4-14,16,24H,15H2,1-3H3,(H2,29,30,35). The molecule has 1 aliphatic heterocycles. The fraction of sp³-hybridized carbons (Fsp3) is 0.222. The molecule has 8 heteroatoms. The van der Waals surface area contributed by atoms with E-state index in [4.69, 9.17) is 17.0 Å². The van der Waals surface area contributed by atoms with Gasteiger partial charge in [0.1, 0.15) is 11.9 Å². The number of nitrogens with zero attached hydrogens (tertiary/aromatic N) is 1. The Morgan fingerprint density at radius 3 is 2.34 bits per heavy atom. The van der Waals surface area contributed by atoms with Crippen molar-refractivity contribution in [2.75, 3.05) is 17.7 Å². The second-order valence-corrected chi connectivity index (χ2v) is 9.09. The number of benzene rings is 3. The van der Waals surface area contributed by atoms with E-state index >= 15 is 0 Å². The number of anilines is 2. The fourth-order valence-electron chi connectivity index (χ4n) is 4.23. The second kappa shape index (κ2) is 10.2. The summed E-state index contributed by atoms with van der Waals surface area (Å²) in [7, 11) is 1.34. The van der Waals surface area contributed by atoms with E-state index in [9.17, 15) is 14.0 Å². The molecule has 0 fully saturated rings. The summed E-state index contributed by atoms with van der Waals surface area (Å²) >= 11 is 5.32. The van der Waals surface area contributed by atoms with Crippen LogP contribution in [0.25, 0.3) is 11.1 Å². The van der Waals surface area contributed by atoms with E-state index in [1.807, 2.05) is 56.3 Å². The van der Waals surface area contributed by atoms with Gasteiger partial charge in [0.2, 0.25) is 0 Å². The summed E-state index contributed by atoms with van der Waals surface area (Å²) in [4.78, 5) is 26.9. The molecule has 180 valence electrons. The highest BCUT2D eigenvalue weighted by Crippen LogP contribution is 2.32. The van der Waals surface area contributed by atoms with E-state index in [2.05, 4.69) is 10.6 Å². The summed E-state index contributed by atoms with van der Waals surface area (Å²) in [5.41, 5.74) is 4.77. The Hall–Kier alpha value is -3.78. The van der Waals surface area contributed by atoms with Crippen molar-refractivity contribution in [1.29, 1.82) is 0 Å². The molecule has 1 aliphatic rings. The Kier molecular flexibility index (Phi) is 7.12. The topological polar surface area (TPSA) is 70.7 Å². The molecule has 35 heavy (non-hydrogen) atoms. The summed E-state index contributed by atoms with van der Waals surface area (Å²) in [6.07, 6.45) is 0. The average Bonchev–Trinajstić information content (AvgIpc) is 3.14. The maximum atomic E-state index is 13.4. The van der Waals surface area contributed by atoms with Crippen LogP contribution in [-0.2, 0) is 16.1 Å². The van der Waals surface area contributed by atoms with Crippen LogP contribution in [0.2, 0.25) is 0 Å². The first-order chi connectivity index (χ1) is 16.8. The van der Waals surface area contributed by atoms with Crippen molar-refractivity contribution in [1.82, 2.24) is 4.90 Å². The summed E-state index contributed by atoms with van der Waals surface area (Å²) in [6.45, 7) is 4.16. The predicted molar refractivity (Wildman–Crippen MR) is 139 cm³/mol. The normalized spacial score (nSPS) is 13.4. The molecule has 0 aromatic heterocycles.